The van der Waals surface area contributed by atoms with Crippen LogP contribution in [0.15, 0.2) is 0 Å². The first kappa shape index (κ1) is 15.1. The molecule has 0 aromatic heterocycles. The van der Waals surface area contributed by atoms with E-state index in [-0.39, 0.29) is 12.1 Å². The van der Waals surface area contributed by atoms with Gasteiger partial charge in [0.1, 0.15) is 6.04 Å². The zero-order valence-electron chi connectivity index (χ0n) is 11.0. The third-order valence-corrected chi connectivity index (χ3v) is 4.00. The van der Waals surface area contributed by atoms with Crippen molar-refractivity contribution >= 4 is 23.8 Å². The van der Waals surface area contributed by atoms with Gasteiger partial charge in [-0.05, 0) is 37.7 Å². The summed E-state index contributed by atoms with van der Waals surface area (Å²) in [6.07, 6.45) is 2.24. The SMILES string of the molecule is CCSCCC(C)NC(=O)N1CCC[C@H]1C(=O)O. The smallest absolute Gasteiger partial charge is 0.326 e. The van der Waals surface area contributed by atoms with Crippen LogP contribution in [-0.4, -0.2) is 52.1 Å². The molecule has 1 fully saturated rings. The lowest BCUT2D eigenvalue weighted by molar-refractivity contribution is -0.141. The molecule has 1 aliphatic heterocycles. The van der Waals surface area contributed by atoms with Crippen molar-refractivity contribution in [3.05, 3.63) is 0 Å². The summed E-state index contributed by atoms with van der Waals surface area (Å²) in [6.45, 7) is 4.61. The first-order valence-corrected chi connectivity index (χ1v) is 7.59. The largest absolute Gasteiger partial charge is 0.480 e. The number of hydrogen-bond donors (Lipinski definition) is 2. The Morgan fingerprint density at radius 3 is 2.89 bits per heavy atom. The van der Waals surface area contributed by atoms with Gasteiger partial charge in [-0.3, -0.25) is 0 Å². The number of nitrogens with zero attached hydrogens (tertiary/aromatic N) is 1. The predicted molar refractivity (Wildman–Crippen MR) is 73.0 cm³/mol. The van der Waals surface area contributed by atoms with Crippen LogP contribution in [-0.2, 0) is 4.79 Å². The number of aliphatic carboxylic acids is 1. The number of carbonyl (C=O) groups is 2. The van der Waals surface area contributed by atoms with Gasteiger partial charge in [-0.2, -0.15) is 11.8 Å². The van der Waals surface area contributed by atoms with Crippen LogP contribution in [0.3, 0.4) is 0 Å². The summed E-state index contributed by atoms with van der Waals surface area (Å²) in [5, 5.41) is 11.9. The van der Waals surface area contributed by atoms with E-state index in [1.54, 1.807) is 0 Å². The number of thioether (sulfide) groups is 1. The molecule has 5 nitrogen and oxygen atoms in total. The molecular weight excluding hydrogens is 252 g/mol. The van der Waals surface area contributed by atoms with Crippen LogP contribution in [0, 0.1) is 0 Å². The summed E-state index contributed by atoms with van der Waals surface area (Å²) in [6, 6.07) is -0.803. The lowest BCUT2D eigenvalue weighted by Gasteiger charge is -2.24. The molecule has 104 valence electrons. The monoisotopic (exact) mass is 274 g/mol. The summed E-state index contributed by atoms with van der Waals surface area (Å²) in [7, 11) is 0. The summed E-state index contributed by atoms with van der Waals surface area (Å²) in [5.74, 6) is 1.19. The molecule has 2 atom stereocenters. The molecule has 1 aliphatic rings. The fourth-order valence-electron chi connectivity index (χ4n) is 2.04. The second kappa shape index (κ2) is 7.51. The molecule has 0 aromatic carbocycles. The number of urea groups is 1. The zero-order valence-corrected chi connectivity index (χ0v) is 11.8. The molecule has 1 heterocycles. The van der Waals surface area contributed by atoms with Gasteiger partial charge in [-0.1, -0.05) is 6.92 Å². The van der Waals surface area contributed by atoms with E-state index in [1.165, 1.54) is 4.90 Å². The highest BCUT2D eigenvalue weighted by atomic mass is 32.2. The van der Waals surface area contributed by atoms with Crippen LogP contribution in [0.5, 0.6) is 0 Å². The normalized spacial score (nSPS) is 20.8. The van der Waals surface area contributed by atoms with Gasteiger partial charge < -0.3 is 15.3 Å². The Bertz CT molecular complexity index is 299. The number of nitrogens with one attached hydrogen (secondary N) is 1. The van der Waals surface area contributed by atoms with Gasteiger partial charge in [0.05, 0.1) is 0 Å². The van der Waals surface area contributed by atoms with Gasteiger partial charge in [0.25, 0.3) is 0 Å². The van der Waals surface area contributed by atoms with Gasteiger partial charge in [-0.25, -0.2) is 9.59 Å². The molecule has 0 bridgehead atoms. The predicted octanol–water partition coefficient (Wildman–Crippen LogP) is 1.78. The van der Waals surface area contributed by atoms with Crippen molar-refractivity contribution in [2.24, 2.45) is 0 Å². The minimum Gasteiger partial charge on any atom is -0.480 e. The van der Waals surface area contributed by atoms with Crippen molar-refractivity contribution in [1.82, 2.24) is 10.2 Å². The Labute approximate surface area is 112 Å². The molecule has 1 unspecified atom stereocenters. The van der Waals surface area contributed by atoms with E-state index in [4.69, 9.17) is 5.11 Å². The van der Waals surface area contributed by atoms with Crippen molar-refractivity contribution in [1.29, 1.82) is 0 Å². The Hall–Kier alpha value is -0.910. The molecule has 1 saturated heterocycles. The quantitative estimate of drug-likeness (QED) is 0.724. The van der Waals surface area contributed by atoms with E-state index in [2.05, 4.69) is 12.2 Å². The molecule has 6 heteroatoms. The third kappa shape index (κ3) is 4.40. The summed E-state index contributed by atoms with van der Waals surface area (Å²) in [4.78, 5) is 24.4. The van der Waals surface area contributed by atoms with E-state index in [0.29, 0.717) is 13.0 Å². The Morgan fingerprint density at radius 1 is 1.56 bits per heavy atom. The van der Waals surface area contributed by atoms with Gasteiger partial charge in [0.2, 0.25) is 0 Å². The number of likely N-dealkylation sites (tertiary alicyclic amines) is 1. The highest BCUT2D eigenvalue weighted by molar-refractivity contribution is 7.99. The number of carbonyl (C=O) groups excluding carboxylic acids is 1. The number of carboxylic acids is 1. The van der Waals surface area contributed by atoms with Crippen molar-refractivity contribution in [2.75, 3.05) is 18.1 Å². The van der Waals surface area contributed by atoms with Crippen LogP contribution in [0.2, 0.25) is 0 Å². The fraction of sp³-hybridized carbons (Fsp3) is 0.833. The molecule has 0 aliphatic carbocycles. The lowest BCUT2D eigenvalue weighted by Crippen LogP contribution is -2.48. The van der Waals surface area contributed by atoms with Crippen molar-refractivity contribution in [3.63, 3.8) is 0 Å². The molecule has 0 radical (unpaired) electrons. The Kier molecular flexibility index (Phi) is 6.32. The average Bonchev–Trinajstić information content (AvgIpc) is 2.78. The maximum Gasteiger partial charge on any atom is 0.326 e. The summed E-state index contributed by atoms with van der Waals surface area (Å²) < 4.78 is 0. The highest BCUT2D eigenvalue weighted by Crippen LogP contribution is 2.17. The number of carboxylic acid groups (broad SMARTS) is 1. The third-order valence-electron chi connectivity index (χ3n) is 3.07. The van der Waals surface area contributed by atoms with Crippen molar-refractivity contribution in [2.45, 2.75) is 45.2 Å². The van der Waals surface area contributed by atoms with E-state index < -0.39 is 12.0 Å². The van der Waals surface area contributed by atoms with E-state index in [0.717, 1.165) is 24.3 Å². The van der Waals surface area contributed by atoms with Gasteiger partial charge in [0.15, 0.2) is 0 Å². The summed E-state index contributed by atoms with van der Waals surface area (Å²) >= 11 is 1.84. The molecule has 0 aromatic rings. The molecule has 2 amide bonds. The second-order valence-corrected chi connectivity index (χ2v) is 5.92. The van der Waals surface area contributed by atoms with Crippen LogP contribution in [0.1, 0.15) is 33.1 Å². The molecule has 2 N–H and O–H groups in total. The maximum absolute atomic E-state index is 11.9. The van der Waals surface area contributed by atoms with E-state index >= 15 is 0 Å². The lowest BCUT2D eigenvalue weighted by atomic mass is 10.2. The minimum absolute atomic E-state index is 0.0894. The molecule has 1 rings (SSSR count). The Balaban J connectivity index is 2.37. The van der Waals surface area contributed by atoms with E-state index in [1.807, 2.05) is 18.7 Å². The number of hydrogen-bond acceptors (Lipinski definition) is 3. The first-order chi connectivity index (χ1) is 8.56. The molecule has 18 heavy (non-hydrogen) atoms. The average molecular weight is 274 g/mol. The minimum atomic E-state index is -0.906. The van der Waals surface area contributed by atoms with Crippen LogP contribution in [0.4, 0.5) is 4.79 Å². The van der Waals surface area contributed by atoms with E-state index in [9.17, 15) is 9.59 Å². The van der Waals surface area contributed by atoms with Gasteiger partial charge in [0, 0.05) is 12.6 Å². The first-order valence-electron chi connectivity index (χ1n) is 6.44. The van der Waals surface area contributed by atoms with Crippen LogP contribution < -0.4 is 5.32 Å². The second-order valence-electron chi connectivity index (χ2n) is 4.53. The Morgan fingerprint density at radius 2 is 2.28 bits per heavy atom. The topological polar surface area (TPSA) is 69.6 Å². The van der Waals surface area contributed by atoms with Crippen LogP contribution >= 0.6 is 11.8 Å². The van der Waals surface area contributed by atoms with Crippen molar-refractivity contribution in [3.8, 4) is 0 Å². The maximum atomic E-state index is 11.9. The summed E-state index contributed by atoms with van der Waals surface area (Å²) in [5.41, 5.74) is 0. The molecular formula is C12H22N2O3S. The van der Waals surface area contributed by atoms with Gasteiger partial charge >= 0.3 is 12.0 Å². The fourth-order valence-corrected chi connectivity index (χ4v) is 2.85. The number of amides is 2. The molecule has 0 spiro atoms. The molecule has 0 saturated carbocycles. The highest BCUT2D eigenvalue weighted by Gasteiger charge is 2.34. The standard InChI is InChI=1S/C12H22N2O3S/c1-3-18-8-6-9(2)13-12(17)14-7-4-5-10(14)11(15)16/h9-10H,3-8H2,1-2H3,(H,13,17)(H,15,16)/t9?,10-/m0/s1. The number of rotatable bonds is 6. The van der Waals surface area contributed by atoms with Gasteiger partial charge in [-0.15, -0.1) is 0 Å². The van der Waals surface area contributed by atoms with Crippen molar-refractivity contribution < 1.29 is 14.7 Å². The zero-order chi connectivity index (χ0) is 13.5. The van der Waals surface area contributed by atoms with Crippen LogP contribution in [0.25, 0.3) is 0 Å².